The lowest BCUT2D eigenvalue weighted by Crippen LogP contribution is -2.14. The van der Waals surface area contributed by atoms with Crippen LogP contribution >= 0.6 is 0 Å². The van der Waals surface area contributed by atoms with Crippen molar-refractivity contribution in [3.63, 3.8) is 0 Å². The van der Waals surface area contributed by atoms with Crippen LogP contribution in [-0.4, -0.2) is 23.1 Å². The van der Waals surface area contributed by atoms with Crippen molar-refractivity contribution in [3.05, 3.63) is 48.6 Å². The summed E-state index contributed by atoms with van der Waals surface area (Å²) in [7, 11) is 0. The molecule has 0 amide bonds. The van der Waals surface area contributed by atoms with Crippen molar-refractivity contribution in [1.82, 2.24) is 0 Å². The average Bonchev–Trinajstić information content (AvgIpc) is 3.09. The molecule has 0 fully saturated rings. The zero-order valence-corrected chi connectivity index (χ0v) is 33.2. The zero-order chi connectivity index (χ0) is 36.4. The van der Waals surface area contributed by atoms with Gasteiger partial charge >= 0.3 is 11.9 Å². The monoisotopic (exact) mass is 699 g/mol. The minimum atomic E-state index is -0.661. The number of carbonyl (C=O) groups is 2. The highest BCUT2D eigenvalue weighted by Crippen LogP contribution is 2.16. The second-order valence-corrected chi connectivity index (χ2v) is 14.6. The van der Waals surface area contributed by atoms with E-state index in [9.17, 15) is 9.59 Å². The lowest BCUT2D eigenvalue weighted by molar-refractivity contribution is -0.148. The lowest BCUT2D eigenvalue weighted by Gasteiger charge is -2.13. The Morgan fingerprint density at radius 1 is 0.460 bits per heavy atom. The van der Waals surface area contributed by atoms with Crippen molar-refractivity contribution >= 4 is 11.9 Å². The van der Waals surface area contributed by atoms with Gasteiger partial charge in [-0.3, -0.25) is 9.59 Å². The molecule has 50 heavy (non-hydrogen) atoms. The molecule has 4 heteroatoms. The number of allylic oxidation sites excluding steroid dienone is 8. The predicted molar refractivity (Wildman–Crippen MR) is 218 cm³/mol. The Morgan fingerprint density at radius 3 is 1.22 bits per heavy atom. The second-order valence-electron chi connectivity index (χ2n) is 14.6. The number of hydrogen-bond acceptors (Lipinski definition) is 3. The summed E-state index contributed by atoms with van der Waals surface area (Å²) < 4.78 is 5.65. The average molecular weight is 699 g/mol. The quantitative estimate of drug-likeness (QED) is 0.0394. The molecule has 0 spiro atoms. The van der Waals surface area contributed by atoms with Crippen LogP contribution in [0.2, 0.25) is 0 Å². The number of hydrogen-bond donors (Lipinski definition) is 1. The molecule has 4 nitrogen and oxygen atoms in total. The molecule has 0 aliphatic heterocycles. The summed E-state index contributed by atoms with van der Waals surface area (Å²) in [5, 5.41) is 8.65. The first-order valence-corrected chi connectivity index (χ1v) is 21.6. The van der Waals surface area contributed by atoms with Crippen molar-refractivity contribution in [1.29, 1.82) is 0 Å². The molecule has 0 aromatic rings. The molecule has 290 valence electrons. The molecule has 0 saturated carbocycles. The van der Waals surface area contributed by atoms with E-state index >= 15 is 0 Å². The standard InChI is InChI=1S/C46H82O4/c1-3-4-5-6-7-8-9-10-11-12-14-19-22-25-28-31-34-37-40-43-46(49)50-44(2)41-38-35-32-29-26-23-20-17-15-13-16-18-21-24-27-30-33-36-39-42-45(47)48/h7-8,10-11,14,19,25,28,44H,3-6,9,12-13,15-18,20-24,26-27,29-43H2,1-2H3,(H,47,48)/b8-7-,11-10-,19-14-,28-25-. The van der Waals surface area contributed by atoms with Crippen molar-refractivity contribution in [3.8, 4) is 0 Å². The number of carbonyl (C=O) groups excluding carboxylic acids is 1. The molecule has 0 aliphatic carbocycles. The summed E-state index contributed by atoms with van der Waals surface area (Å²) in [6.45, 7) is 4.30. The fraction of sp³-hybridized carbons (Fsp3) is 0.783. The lowest BCUT2D eigenvalue weighted by atomic mass is 10.0. The second kappa shape index (κ2) is 41.3. The van der Waals surface area contributed by atoms with Gasteiger partial charge in [-0.1, -0.05) is 184 Å². The smallest absolute Gasteiger partial charge is 0.306 e. The highest BCUT2D eigenvalue weighted by molar-refractivity contribution is 5.69. The van der Waals surface area contributed by atoms with Crippen molar-refractivity contribution in [2.75, 3.05) is 0 Å². The van der Waals surface area contributed by atoms with E-state index < -0.39 is 5.97 Å². The van der Waals surface area contributed by atoms with Crippen LogP contribution in [0.15, 0.2) is 48.6 Å². The number of rotatable bonds is 39. The van der Waals surface area contributed by atoms with Crippen molar-refractivity contribution in [2.24, 2.45) is 0 Å². The molecule has 0 aromatic carbocycles. The summed E-state index contributed by atoms with van der Waals surface area (Å²) in [6, 6.07) is 0. The fourth-order valence-electron chi connectivity index (χ4n) is 6.32. The first-order valence-electron chi connectivity index (χ1n) is 21.6. The molecular weight excluding hydrogens is 617 g/mol. The molecule has 0 aromatic heterocycles. The van der Waals surface area contributed by atoms with Gasteiger partial charge in [-0.15, -0.1) is 0 Å². The van der Waals surface area contributed by atoms with Crippen LogP contribution in [0.3, 0.4) is 0 Å². The molecule has 1 atom stereocenters. The molecule has 0 radical (unpaired) electrons. The van der Waals surface area contributed by atoms with Gasteiger partial charge in [0.1, 0.15) is 0 Å². The molecule has 0 heterocycles. The normalized spacial score (nSPS) is 12.7. The molecule has 0 rings (SSSR count). The van der Waals surface area contributed by atoms with Crippen LogP contribution in [0, 0.1) is 0 Å². The van der Waals surface area contributed by atoms with Crippen molar-refractivity contribution < 1.29 is 19.4 Å². The molecule has 1 unspecified atom stereocenters. The van der Waals surface area contributed by atoms with Crippen LogP contribution in [0.5, 0.6) is 0 Å². The van der Waals surface area contributed by atoms with Crippen LogP contribution in [0.4, 0.5) is 0 Å². The predicted octanol–water partition coefficient (Wildman–Crippen LogP) is 15.1. The van der Waals surface area contributed by atoms with Gasteiger partial charge in [0.2, 0.25) is 0 Å². The summed E-state index contributed by atoms with van der Waals surface area (Å²) >= 11 is 0. The topological polar surface area (TPSA) is 63.6 Å². The van der Waals surface area contributed by atoms with Crippen LogP contribution in [0.25, 0.3) is 0 Å². The molecule has 0 saturated heterocycles. The maximum Gasteiger partial charge on any atom is 0.306 e. The van der Waals surface area contributed by atoms with Gasteiger partial charge < -0.3 is 9.84 Å². The van der Waals surface area contributed by atoms with Gasteiger partial charge in [0.25, 0.3) is 0 Å². The molecule has 0 bridgehead atoms. The maximum absolute atomic E-state index is 12.2. The number of carboxylic acid groups (broad SMARTS) is 1. The fourth-order valence-corrected chi connectivity index (χ4v) is 6.32. The summed E-state index contributed by atoms with van der Waals surface area (Å²) in [5.41, 5.74) is 0. The molecule has 1 N–H and O–H groups in total. The van der Waals surface area contributed by atoms with Gasteiger partial charge in [0.15, 0.2) is 0 Å². The number of aliphatic carboxylic acids is 1. The Bertz CT molecular complexity index is 839. The highest BCUT2D eigenvalue weighted by atomic mass is 16.5. The zero-order valence-electron chi connectivity index (χ0n) is 33.2. The van der Waals surface area contributed by atoms with E-state index in [1.807, 2.05) is 0 Å². The van der Waals surface area contributed by atoms with E-state index in [0.29, 0.717) is 12.8 Å². The summed E-state index contributed by atoms with van der Waals surface area (Å²) in [5.74, 6) is -0.681. The largest absolute Gasteiger partial charge is 0.481 e. The van der Waals surface area contributed by atoms with E-state index in [-0.39, 0.29) is 12.1 Å². The van der Waals surface area contributed by atoms with E-state index in [1.165, 1.54) is 128 Å². The maximum atomic E-state index is 12.2. The van der Waals surface area contributed by atoms with Gasteiger partial charge in [-0.2, -0.15) is 0 Å². The minimum Gasteiger partial charge on any atom is -0.481 e. The third kappa shape index (κ3) is 42.1. The Balaban J connectivity index is 3.38. The molecular formula is C46H82O4. The third-order valence-electron chi connectivity index (χ3n) is 9.54. The summed E-state index contributed by atoms with van der Waals surface area (Å²) in [4.78, 5) is 22.7. The first-order chi connectivity index (χ1) is 24.6. The molecule has 0 aliphatic rings. The van der Waals surface area contributed by atoms with E-state index in [2.05, 4.69) is 62.5 Å². The Hall–Kier alpha value is -2.10. The Labute approximate surface area is 311 Å². The van der Waals surface area contributed by atoms with Crippen LogP contribution < -0.4 is 0 Å². The third-order valence-corrected chi connectivity index (χ3v) is 9.54. The first kappa shape index (κ1) is 47.9. The number of esters is 1. The highest BCUT2D eigenvalue weighted by Gasteiger charge is 2.09. The number of unbranched alkanes of at least 4 members (excludes halogenated alkanes) is 24. The van der Waals surface area contributed by atoms with Gasteiger partial charge in [-0.25, -0.2) is 0 Å². The SMILES string of the molecule is CCCCC/C=C\C/C=C\C/C=C\C/C=C\CCCCCC(=O)OC(C)CCCCCCCCCCCCCCCCCCCCCC(=O)O. The van der Waals surface area contributed by atoms with E-state index in [4.69, 9.17) is 9.84 Å². The van der Waals surface area contributed by atoms with E-state index in [1.54, 1.807) is 0 Å². The minimum absolute atomic E-state index is 0.0199. The van der Waals surface area contributed by atoms with E-state index in [0.717, 1.165) is 70.6 Å². The van der Waals surface area contributed by atoms with Crippen LogP contribution in [0.1, 0.15) is 226 Å². The Kier molecular flexibility index (Phi) is 39.6. The Morgan fingerprint density at radius 2 is 0.800 bits per heavy atom. The van der Waals surface area contributed by atoms with Crippen LogP contribution in [-0.2, 0) is 14.3 Å². The van der Waals surface area contributed by atoms with Gasteiger partial charge in [0.05, 0.1) is 6.10 Å². The number of ether oxygens (including phenoxy) is 1. The summed E-state index contributed by atoms with van der Waals surface area (Å²) in [6.07, 6.45) is 57.0. The van der Waals surface area contributed by atoms with Gasteiger partial charge in [-0.05, 0) is 77.6 Å². The number of carboxylic acids is 1. The van der Waals surface area contributed by atoms with Gasteiger partial charge in [0, 0.05) is 12.8 Å². The van der Waals surface area contributed by atoms with Crippen molar-refractivity contribution in [2.45, 2.75) is 232 Å².